The Morgan fingerprint density at radius 3 is 1.57 bits per heavy atom. The number of esters is 1. The largest absolute Gasteiger partial charge is 0.462 e. The molecule has 0 radical (unpaired) electrons. The van der Waals surface area contributed by atoms with Crippen molar-refractivity contribution in [2.75, 3.05) is 6.61 Å². The molecular weight excluding hydrogens is 719 g/mol. The van der Waals surface area contributed by atoms with Crippen molar-refractivity contribution in [2.45, 2.75) is 200 Å². The molecular formula is C52H85NO5. The quantitative estimate of drug-likeness (QED) is 0.0249. The third-order valence-electron chi connectivity index (χ3n) is 9.73. The Kier molecular flexibility index (Phi) is 41.9. The number of hydrogen-bond acceptors (Lipinski definition) is 5. The van der Waals surface area contributed by atoms with Crippen LogP contribution in [0.15, 0.2) is 109 Å². The SMILES string of the molecule is CC/C=C/C=C/C=C\C=C/C=C/CCCC(=O)OC(CCC/C=C/C/C=C/C/C=C/C/C=C/CC)CC(=O)NC(CO)C(O)CCCCCCCCCCCCCC. The predicted octanol–water partition coefficient (Wildman–Crippen LogP) is 13.6. The number of ether oxygens (including phenoxy) is 1. The predicted molar refractivity (Wildman–Crippen MR) is 250 cm³/mol. The van der Waals surface area contributed by atoms with Crippen LogP contribution in [-0.4, -0.2) is 46.9 Å². The van der Waals surface area contributed by atoms with Gasteiger partial charge in [-0.1, -0.05) is 207 Å². The number of carbonyl (C=O) groups excluding carboxylic acids is 2. The van der Waals surface area contributed by atoms with Gasteiger partial charge in [-0.15, -0.1) is 0 Å². The highest BCUT2D eigenvalue weighted by molar-refractivity contribution is 5.77. The smallest absolute Gasteiger partial charge is 0.306 e. The summed E-state index contributed by atoms with van der Waals surface area (Å²) in [5.41, 5.74) is 0. The minimum atomic E-state index is -0.819. The molecule has 0 saturated heterocycles. The van der Waals surface area contributed by atoms with Crippen molar-refractivity contribution in [2.24, 2.45) is 0 Å². The summed E-state index contributed by atoms with van der Waals surface area (Å²) in [5.74, 6) is -0.631. The lowest BCUT2D eigenvalue weighted by atomic mass is 10.0. The normalized spacial score (nSPS) is 14.4. The number of aliphatic hydroxyl groups excluding tert-OH is 2. The zero-order chi connectivity index (χ0) is 42.4. The Bertz CT molecular complexity index is 1220. The molecule has 0 bridgehead atoms. The van der Waals surface area contributed by atoms with Gasteiger partial charge in [0.05, 0.1) is 25.2 Å². The Morgan fingerprint density at radius 2 is 1.02 bits per heavy atom. The number of carbonyl (C=O) groups is 2. The second-order valence-corrected chi connectivity index (χ2v) is 15.2. The number of nitrogens with one attached hydrogen (secondary N) is 1. The Labute approximate surface area is 356 Å². The molecule has 6 nitrogen and oxygen atoms in total. The summed E-state index contributed by atoms with van der Waals surface area (Å²) in [6, 6.07) is -0.739. The third-order valence-corrected chi connectivity index (χ3v) is 9.73. The standard InChI is InChI=1S/C52H85NO5/c1-4-7-10-13-16-19-22-25-27-28-31-34-37-40-43-48(58-52(57)45-42-39-36-33-30-26-23-20-17-14-11-8-5-2)46-51(56)53-49(47-54)50(55)44-41-38-35-32-29-24-21-18-15-12-9-6-3/h7-8,10-11,14,16-17,19-20,23,25-27,30-31,33-34,36,48-50,54-55H,4-6,9,12-13,15,18,21-22,24,28-29,32,35,37-47H2,1-3H3,(H,53,56)/b10-7+,11-8+,17-14+,19-16+,23-20-,27-25+,30-26-,34-31+,36-33+. The monoisotopic (exact) mass is 804 g/mol. The molecule has 328 valence electrons. The minimum absolute atomic E-state index is 0.00403. The molecule has 0 fully saturated rings. The summed E-state index contributed by atoms with van der Waals surface area (Å²) in [5, 5.41) is 23.6. The van der Waals surface area contributed by atoms with Crippen LogP contribution in [0.4, 0.5) is 0 Å². The summed E-state index contributed by atoms with van der Waals surface area (Å²) < 4.78 is 5.84. The topological polar surface area (TPSA) is 95.9 Å². The molecule has 0 aromatic heterocycles. The second kappa shape index (κ2) is 44.6. The van der Waals surface area contributed by atoms with Crippen molar-refractivity contribution in [3.05, 3.63) is 109 Å². The number of unbranched alkanes of at least 4 members (excludes halogenated alkanes) is 13. The van der Waals surface area contributed by atoms with Crippen LogP contribution in [0.3, 0.4) is 0 Å². The molecule has 0 aromatic rings. The van der Waals surface area contributed by atoms with Gasteiger partial charge < -0.3 is 20.3 Å². The van der Waals surface area contributed by atoms with Crippen molar-refractivity contribution < 1.29 is 24.5 Å². The summed E-state index contributed by atoms with van der Waals surface area (Å²) in [4.78, 5) is 26.0. The van der Waals surface area contributed by atoms with Crippen molar-refractivity contribution in [1.82, 2.24) is 5.32 Å². The molecule has 0 spiro atoms. The summed E-state index contributed by atoms with van der Waals surface area (Å²) in [6.07, 6.45) is 60.1. The Morgan fingerprint density at radius 1 is 0.534 bits per heavy atom. The molecule has 58 heavy (non-hydrogen) atoms. The molecule has 0 rings (SSSR count). The Balaban J connectivity index is 4.84. The van der Waals surface area contributed by atoms with E-state index >= 15 is 0 Å². The zero-order valence-electron chi connectivity index (χ0n) is 37.1. The summed E-state index contributed by atoms with van der Waals surface area (Å²) in [7, 11) is 0. The van der Waals surface area contributed by atoms with Crippen LogP contribution in [0.25, 0.3) is 0 Å². The van der Waals surface area contributed by atoms with Gasteiger partial charge in [0.1, 0.15) is 6.10 Å². The maximum absolute atomic E-state index is 13.1. The first-order valence-electron chi connectivity index (χ1n) is 23.2. The molecule has 3 unspecified atom stereocenters. The van der Waals surface area contributed by atoms with Crippen molar-refractivity contribution in [3.8, 4) is 0 Å². The van der Waals surface area contributed by atoms with Crippen molar-refractivity contribution in [1.29, 1.82) is 0 Å². The van der Waals surface area contributed by atoms with E-state index in [1.165, 1.54) is 57.8 Å². The van der Waals surface area contributed by atoms with E-state index in [-0.39, 0.29) is 31.3 Å². The van der Waals surface area contributed by atoms with E-state index in [9.17, 15) is 19.8 Å². The highest BCUT2D eigenvalue weighted by Gasteiger charge is 2.23. The van der Waals surface area contributed by atoms with Gasteiger partial charge in [-0.2, -0.15) is 0 Å². The molecule has 3 N–H and O–H groups in total. The lowest BCUT2D eigenvalue weighted by Gasteiger charge is -2.24. The number of hydrogen-bond donors (Lipinski definition) is 3. The van der Waals surface area contributed by atoms with Gasteiger partial charge in [0.25, 0.3) is 0 Å². The van der Waals surface area contributed by atoms with Crippen molar-refractivity contribution in [3.63, 3.8) is 0 Å². The average Bonchev–Trinajstić information content (AvgIpc) is 3.22. The zero-order valence-corrected chi connectivity index (χ0v) is 37.1. The van der Waals surface area contributed by atoms with Crippen LogP contribution in [-0.2, 0) is 14.3 Å². The van der Waals surface area contributed by atoms with Gasteiger partial charge in [0.15, 0.2) is 0 Å². The Hall–Kier alpha value is -3.48. The van der Waals surface area contributed by atoms with E-state index in [0.717, 1.165) is 70.6 Å². The first-order valence-corrected chi connectivity index (χ1v) is 23.2. The highest BCUT2D eigenvalue weighted by atomic mass is 16.5. The minimum Gasteiger partial charge on any atom is -0.462 e. The first kappa shape index (κ1) is 54.5. The molecule has 0 saturated carbocycles. The van der Waals surface area contributed by atoms with Crippen LogP contribution >= 0.6 is 0 Å². The van der Waals surface area contributed by atoms with Crippen LogP contribution in [0, 0.1) is 0 Å². The molecule has 1 amide bonds. The molecule has 0 aliphatic heterocycles. The number of aliphatic hydroxyl groups is 2. The van der Waals surface area contributed by atoms with Gasteiger partial charge in [-0.05, 0) is 70.6 Å². The maximum atomic E-state index is 13.1. The fraction of sp³-hybridized carbons (Fsp3) is 0.615. The molecule has 0 aliphatic rings. The molecule has 0 aliphatic carbocycles. The number of rotatable bonds is 39. The summed E-state index contributed by atoms with van der Waals surface area (Å²) in [6.45, 7) is 6.16. The third kappa shape index (κ3) is 39.4. The lowest BCUT2D eigenvalue weighted by Crippen LogP contribution is -2.46. The average molecular weight is 804 g/mol. The van der Waals surface area contributed by atoms with Gasteiger partial charge >= 0.3 is 5.97 Å². The van der Waals surface area contributed by atoms with Crippen LogP contribution in [0.1, 0.15) is 181 Å². The number of amides is 1. The van der Waals surface area contributed by atoms with E-state index in [1.54, 1.807) is 0 Å². The van der Waals surface area contributed by atoms with Gasteiger partial charge in [-0.25, -0.2) is 0 Å². The van der Waals surface area contributed by atoms with Gasteiger partial charge in [-0.3, -0.25) is 9.59 Å². The van der Waals surface area contributed by atoms with E-state index < -0.39 is 18.2 Å². The van der Waals surface area contributed by atoms with Gasteiger partial charge in [0, 0.05) is 6.42 Å². The summed E-state index contributed by atoms with van der Waals surface area (Å²) >= 11 is 0. The number of allylic oxidation sites excluding steroid dienone is 18. The molecule has 0 heterocycles. The fourth-order valence-electron chi connectivity index (χ4n) is 6.28. The van der Waals surface area contributed by atoms with Crippen LogP contribution in [0.2, 0.25) is 0 Å². The van der Waals surface area contributed by atoms with E-state index in [1.807, 2.05) is 54.7 Å². The van der Waals surface area contributed by atoms with Crippen LogP contribution < -0.4 is 5.32 Å². The molecule has 6 heteroatoms. The fourth-order valence-corrected chi connectivity index (χ4v) is 6.28. The first-order chi connectivity index (χ1) is 28.5. The van der Waals surface area contributed by atoms with Crippen molar-refractivity contribution >= 4 is 11.9 Å². The van der Waals surface area contributed by atoms with Gasteiger partial charge in [0.2, 0.25) is 5.91 Å². The molecule has 0 aromatic carbocycles. The van der Waals surface area contributed by atoms with E-state index in [0.29, 0.717) is 19.3 Å². The lowest BCUT2D eigenvalue weighted by molar-refractivity contribution is -0.151. The maximum Gasteiger partial charge on any atom is 0.306 e. The van der Waals surface area contributed by atoms with E-state index in [4.69, 9.17) is 4.74 Å². The van der Waals surface area contributed by atoms with E-state index in [2.05, 4.69) is 80.8 Å². The molecule has 3 atom stereocenters. The second-order valence-electron chi connectivity index (χ2n) is 15.2. The highest BCUT2D eigenvalue weighted by Crippen LogP contribution is 2.16. The van der Waals surface area contributed by atoms with Crippen LogP contribution in [0.5, 0.6) is 0 Å².